The highest BCUT2D eigenvalue weighted by molar-refractivity contribution is 5.83. The van der Waals surface area contributed by atoms with Crippen LogP contribution in [0.3, 0.4) is 0 Å². The van der Waals surface area contributed by atoms with Crippen LogP contribution in [0.1, 0.15) is 37.3 Å². The number of alkyl halides is 3. The number of rotatable bonds is 5. The molecular weight excluding hydrogens is 287 g/mol. The molecule has 0 aromatic heterocycles. The SMILES string of the molecule is C[C@@H](NC(=O)C[C@H](C)c1ccccc1C(F)(F)F)C(=O)O. The fourth-order valence-electron chi connectivity index (χ4n) is 1.94. The van der Waals surface area contributed by atoms with Gasteiger partial charge < -0.3 is 10.4 Å². The Kier molecular flexibility index (Phi) is 5.34. The van der Waals surface area contributed by atoms with E-state index in [4.69, 9.17) is 5.11 Å². The molecular formula is C14H16F3NO3. The highest BCUT2D eigenvalue weighted by Crippen LogP contribution is 2.35. The van der Waals surface area contributed by atoms with E-state index in [0.29, 0.717) is 0 Å². The molecule has 1 aromatic carbocycles. The molecule has 1 aromatic rings. The fourth-order valence-corrected chi connectivity index (χ4v) is 1.94. The summed E-state index contributed by atoms with van der Waals surface area (Å²) < 4.78 is 38.7. The molecule has 0 heterocycles. The summed E-state index contributed by atoms with van der Waals surface area (Å²) in [4.78, 5) is 22.3. The maximum Gasteiger partial charge on any atom is 0.416 e. The summed E-state index contributed by atoms with van der Waals surface area (Å²) in [5.41, 5.74) is -0.764. The van der Waals surface area contributed by atoms with E-state index in [2.05, 4.69) is 5.32 Å². The zero-order valence-electron chi connectivity index (χ0n) is 11.6. The molecule has 21 heavy (non-hydrogen) atoms. The quantitative estimate of drug-likeness (QED) is 0.879. The molecule has 2 atom stereocenters. The summed E-state index contributed by atoms with van der Waals surface area (Å²) in [6, 6.07) is 3.96. The van der Waals surface area contributed by atoms with Gasteiger partial charge in [0, 0.05) is 6.42 Å². The molecule has 0 bridgehead atoms. The Morgan fingerprint density at radius 2 is 1.81 bits per heavy atom. The molecule has 0 fully saturated rings. The Hall–Kier alpha value is -2.05. The lowest BCUT2D eigenvalue weighted by Crippen LogP contribution is -2.38. The van der Waals surface area contributed by atoms with Gasteiger partial charge in [0.1, 0.15) is 6.04 Å². The minimum absolute atomic E-state index is 0.0168. The Labute approximate surface area is 120 Å². The van der Waals surface area contributed by atoms with Gasteiger partial charge in [-0.1, -0.05) is 25.1 Å². The molecule has 0 saturated heterocycles. The van der Waals surface area contributed by atoms with Gasteiger partial charge in [0.05, 0.1) is 5.56 Å². The normalized spacial score (nSPS) is 14.3. The lowest BCUT2D eigenvalue weighted by Gasteiger charge is -2.18. The van der Waals surface area contributed by atoms with Gasteiger partial charge in [-0.25, -0.2) is 0 Å². The van der Waals surface area contributed by atoms with Crippen molar-refractivity contribution < 1.29 is 27.9 Å². The smallest absolute Gasteiger partial charge is 0.416 e. The van der Waals surface area contributed by atoms with Crippen LogP contribution in [0.15, 0.2) is 24.3 Å². The highest BCUT2D eigenvalue weighted by Gasteiger charge is 2.34. The molecule has 4 nitrogen and oxygen atoms in total. The molecule has 0 saturated carbocycles. The number of aliphatic carboxylic acids is 1. The summed E-state index contributed by atoms with van der Waals surface area (Å²) in [7, 11) is 0. The zero-order chi connectivity index (χ0) is 16.2. The average molecular weight is 303 g/mol. The number of hydrogen-bond acceptors (Lipinski definition) is 2. The van der Waals surface area contributed by atoms with E-state index in [1.54, 1.807) is 0 Å². The second-order valence-corrected chi connectivity index (χ2v) is 4.82. The van der Waals surface area contributed by atoms with Gasteiger partial charge in [-0.05, 0) is 24.5 Å². The maximum absolute atomic E-state index is 12.9. The number of carboxylic acids is 1. The van der Waals surface area contributed by atoms with Gasteiger partial charge in [0.15, 0.2) is 0 Å². The summed E-state index contributed by atoms with van der Waals surface area (Å²) in [5, 5.41) is 10.9. The molecule has 7 heteroatoms. The summed E-state index contributed by atoms with van der Waals surface area (Å²) in [5.74, 6) is -2.48. The number of hydrogen-bond donors (Lipinski definition) is 2. The first-order valence-corrected chi connectivity index (χ1v) is 6.31. The average Bonchev–Trinajstić information content (AvgIpc) is 2.37. The number of carbonyl (C=O) groups excluding carboxylic acids is 1. The predicted octanol–water partition coefficient (Wildman–Crippen LogP) is 2.79. The minimum Gasteiger partial charge on any atom is -0.480 e. The van der Waals surface area contributed by atoms with Crippen LogP contribution in [0, 0.1) is 0 Å². The number of amides is 1. The van der Waals surface area contributed by atoms with Crippen LogP contribution >= 0.6 is 0 Å². The summed E-state index contributed by atoms with van der Waals surface area (Å²) >= 11 is 0. The number of carbonyl (C=O) groups is 2. The zero-order valence-corrected chi connectivity index (χ0v) is 11.6. The second kappa shape index (κ2) is 6.60. The van der Waals surface area contributed by atoms with Crippen LogP contribution in [0.2, 0.25) is 0 Å². The summed E-state index contributed by atoms with van der Waals surface area (Å²) in [6.07, 6.45) is -4.71. The standard InChI is InChI=1S/C14H16F3NO3/c1-8(7-12(19)18-9(2)13(20)21)10-5-3-4-6-11(10)14(15,16)17/h3-6,8-9H,7H2,1-2H3,(H,18,19)(H,20,21)/t8-,9+/m0/s1. The van der Waals surface area contributed by atoms with Crippen LogP contribution in [-0.4, -0.2) is 23.0 Å². The van der Waals surface area contributed by atoms with Crippen LogP contribution in [0.5, 0.6) is 0 Å². The van der Waals surface area contributed by atoms with Gasteiger partial charge in [0.2, 0.25) is 5.91 Å². The van der Waals surface area contributed by atoms with Crippen molar-refractivity contribution in [2.75, 3.05) is 0 Å². The summed E-state index contributed by atoms with van der Waals surface area (Å²) in [6.45, 7) is 2.78. The lowest BCUT2D eigenvalue weighted by molar-refractivity contribution is -0.141. The molecule has 0 spiro atoms. The van der Waals surface area contributed by atoms with Crippen LogP contribution in [0.25, 0.3) is 0 Å². The van der Waals surface area contributed by atoms with E-state index in [1.807, 2.05) is 0 Å². The van der Waals surface area contributed by atoms with Crippen molar-refractivity contribution in [3.05, 3.63) is 35.4 Å². The molecule has 1 amide bonds. The van der Waals surface area contributed by atoms with Crippen LogP contribution < -0.4 is 5.32 Å². The van der Waals surface area contributed by atoms with Crippen molar-refractivity contribution in [3.8, 4) is 0 Å². The largest absolute Gasteiger partial charge is 0.480 e. The van der Waals surface area contributed by atoms with E-state index in [1.165, 1.54) is 32.0 Å². The first-order valence-electron chi connectivity index (χ1n) is 6.31. The second-order valence-electron chi connectivity index (χ2n) is 4.82. The van der Waals surface area contributed by atoms with E-state index in [9.17, 15) is 22.8 Å². The first kappa shape index (κ1) is 17.0. The topological polar surface area (TPSA) is 66.4 Å². The third kappa shape index (κ3) is 4.77. The van der Waals surface area contributed by atoms with Crippen molar-refractivity contribution in [2.24, 2.45) is 0 Å². The van der Waals surface area contributed by atoms with Gasteiger partial charge >= 0.3 is 12.1 Å². The molecule has 0 unspecified atom stereocenters. The van der Waals surface area contributed by atoms with E-state index in [0.717, 1.165) is 6.07 Å². The van der Waals surface area contributed by atoms with E-state index < -0.39 is 35.6 Å². The lowest BCUT2D eigenvalue weighted by atomic mass is 9.92. The fraction of sp³-hybridized carbons (Fsp3) is 0.429. The van der Waals surface area contributed by atoms with Crippen molar-refractivity contribution in [1.29, 1.82) is 0 Å². The molecule has 1 rings (SSSR count). The van der Waals surface area contributed by atoms with Gasteiger partial charge in [0.25, 0.3) is 0 Å². The van der Waals surface area contributed by atoms with Crippen molar-refractivity contribution in [3.63, 3.8) is 0 Å². The van der Waals surface area contributed by atoms with Crippen molar-refractivity contribution in [2.45, 2.75) is 38.4 Å². The predicted molar refractivity (Wildman–Crippen MR) is 69.7 cm³/mol. The minimum atomic E-state index is -4.49. The Morgan fingerprint density at radius 3 is 2.33 bits per heavy atom. The number of benzene rings is 1. The van der Waals surface area contributed by atoms with Crippen molar-refractivity contribution in [1.82, 2.24) is 5.32 Å². The van der Waals surface area contributed by atoms with Gasteiger partial charge in [-0.2, -0.15) is 13.2 Å². The number of carboxylic acid groups (broad SMARTS) is 1. The van der Waals surface area contributed by atoms with E-state index >= 15 is 0 Å². The Bertz CT molecular complexity index is 528. The number of halogens is 3. The molecule has 0 aliphatic carbocycles. The Balaban J connectivity index is 2.83. The maximum atomic E-state index is 12.9. The molecule has 2 N–H and O–H groups in total. The highest BCUT2D eigenvalue weighted by atomic mass is 19.4. The molecule has 116 valence electrons. The van der Waals surface area contributed by atoms with E-state index in [-0.39, 0.29) is 12.0 Å². The van der Waals surface area contributed by atoms with Gasteiger partial charge in [-0.3, -0.25) is 9.59 Å². The van der Waals surface area contributed by atoms with Gasteiger partial charge in [-0.15, -0.1) is 0 Å². The first-order chi connectivity index (χ1) is 9.62. The molecule has 0 radical (unpaired) electrons. The third-order valence-corrected chi connectivity index (χ3v) is 3.04. The van der Waals surface area contributed by atoms with Crippen LogP contribution in [-0.2, 0) is 15.8 Å². The Morgan fingerprint density at radius 1 is 1.24 bits per heavy atom. The molecule has 0 aliphatic rings. The third-order valence-electron chi connectivity index (χ3n) is 3.04. The number of nitrogens with one attached hydrogen (secondary N) is 1. The van der Waals surface area contributed by atoms with Crippen LogP contribution in [0.4, 0.5) is 13.2 Å². The monoisotopic (exact) mass is 303 g/mol. The van der Waals surface area contributed by atoms with Crippen molar-refractivity contribution >= 4 is 11.9 Å². The molecule has 0 aliphatic heterocycles.